The Labute approximate surface area is 130 Å². The highest BCUT2D eigenvalue weighted by Crippen LogP contribution is 2.38. The predicted molar refractivity (Wildman–Crippen MR) is 90.2 cm³/mol. The molecule has 2 N–H and O–H groups in total. The van der Waals surface area contributed by atoms with Crippen LogP contribution in [-0.4, -0.2) is 10.2 Å². The topological polar surface area (TPSA) is 40.5 Å². The van der Waals surface area contributed by atoms with E-state index in [1.165, 1.54) is 0 Å². The van der Waals surface area contributed by atoms with Crippen LogP contribution in [0, 0.1) is 0 Å². The molecule has 2 nitrogen and oxygen atoms in total. The van der Waals surface area contributed by atoms with E-state index in [0.717, 1.165) is 27.5 Å². The molecule has 2 heteroatoms. The number of aliphatic hydroxyl groups is 1. The zero-order valence-electron chi connectivity index (χ0n) is 12.8. The Kier molecular flexibility index (Phi) is 3.86. The highest BCUT2D eigenvalue weighted by molar-refractivity contribution is 5.89. The Morgan fingerprint density at radius 3 is 2.09 bits per heavy atom. The summed E-state index contributed by atoms with van der Waals surface area (Å²) in [7, 11) is 0. The SMILES string of the molecule is CC(O)c1ccccc1C(C)c1ccc2ccccc2c1O. The van der Waals surface area contributed by atoms with Crippen LogP contribution in [0.1, 0.15) is 42.6 Å². The van der Waals surface area contributed by atoms with Crippen molar-refractivity contribution in [2.75, 3.05) is 0 Å². The van der Waals surface area contributed by atoms with Gasteiger partial charge in [0.25, 0.3) is 0 Å². The van der Waals surface area contributed by atoms with E-state index in [1.54, 1.807) is 6.92 Å². The van der Waals surface area contributed by atoms with Crippen LogP contribution in [-0.2, 0) is 0 Å². The minimum atomic E-state index is -0.527. The zero-order chi connectivity index (χ0) is 15.7. The molecule has 0 heterocycles. The third-order valence-electron chi connectivity index (χ3n) is 4.31. The maximum absolute atomic E-state index is 10.6. The monoisotopic (exact) mass is 292 g/mol. The zero-order valence-corrected chi connectivity index (χ0v) is 12.8. The molecule has 2 unspecified atom stereocenters. The largest absolute Gasteiger partial charge is 0.507 e. The summed E-state index contributed by atoms with van der Waals surface area (Å²) >= 11 is 0. The molecule has 112 valence electrons. The number of phenols is 1. The van der Waals surface area contributed by atoms with Crippen LogP contribution in [0.2, 0.25) is 0 Å². The fraction of sp³-hybridized carbons (Fsp3) is 0.200. The molecule has 0 saturated carbocycles. The summed E-state index contributed by atoms with van der Waals surface area (Å²) in [6.45, 7) is 3.83. The lowest BCUT2D eigenvalue weighted by atomic mass is 9.86. The second kappa shape index (κ2) is 5.82. The summed E-state index contributed by atoms with van der Waals surface area (Å²) in [6.07, 6.45) is -0.527. The Morgan fingerprint density at radius 2 is 1.36 bits per heavy atom. The molecule has 0 bridgehead atoms. The van der Waals surface area contributed by atoms with Crippen molar-refractivity contribution in [2.45, 2.75) is 25.9 Å². The summed E-state index contributed by atoms with van der Waals surface area (Å²) in [5.41, 5.74) is 2.83. The minimum Gasteiger partial charge on any atom is -0.507 e. The van der Waals surface area contributed by atoms with E-state index in [2.05, 4.69) is 6.92 Å². The molecule has 3 rings (SSSR count). The van der Waals surface area contributed by atoms with E-state index in [-0.39, 0.29) is 5.92 Å². The van der Waals surface area contributed by atoms with Crippen molar-refractivity contribution in [3.63, 3.8) is 0 Å². The Hall–Kier alpha value is -2.32. The van der Waals surface area contributed by atoms with Gasteiger partial charge in [0.1, 0.15) is 5.75 Å². The van der Waals surface area contributed by atoms with Crippen LogP contribution in [0.5, 0.6) is 5.75 Å². The first kappa shape index (κ1) is 14.6. The molecule has 0 radical (unpaired) electrons. The van der Waals surface area contributed by atoms with E-state index in [0.29, 0.717) is 5.75 Å². The van der Waals surface area contributed by atoms with Gasteiger partial charge in [-0.1, -0.05) is 67.6 Å². The van der Waals surface area contributed by atoms with Gasteiger partial charge >= 0.3 is 0 Å². The van der Waals surface area contributed by atoms with E-state index in [9.17, 15) is 10.2 Å². The second-order valence-corrected chi connectivity index (χ2v) is 5.75. The van der Waals surface area contributed by atoms with Gasteiger partial charge in [0.15, 0.2) is 0 Å². The van der Waals surface area contributed by atoms with Gasteiger partial charge < -0.3 is 10.2 Å². The molecule has 3 aromatic carbocycles. The average Bonchev–Trinajstić information content (AvgIpc) is 2.55. The minimum absolute atomic E-state index is 0.00964. The van der Waals surface area contributed by atoms with Crippen molar-refractivity contribution >= 4 is 10.8 Å². The first-order valence-corrected chi connectivity index (χ1v) is 7.57. The van der Waals surface area contributed by atoms with Crippen LogP contribution in [0.3, 0.4) is 0 Å². The van der Waals surface area contributed by atoms with Crippen molar-refractivity contribution in [3.8, 4) is 5.75 Å². The number of benzene rings is 3. The summed E-state index contributed by atoms with van der Waals surface area (Å²) in [6, 6.07) is 19.7. The average molecular weight is 292 g/mol. The molecule has 0 saturated heterocycles. The molecule has 0 aliphatic rings. The first-order valence-electron chi connectivity index (χ1n) is 7.57. The van der Waals surface area contributed by atoms with Crippen molar-refractivity contribution in [1.82, 2.24) is 0 Å². The van der Waals surface area contributed by atoms with Gasteiger partial charge in [-0.3, -0.25) is 0 Å². The Balaban J connectivity index is 2.14. The number of aliphatic hydroxyl groups excluding tert-OH is 1. The smallest absolute Gasteiger partial charge is 0.127 e. The lowest BCUT2D eigenvalue weighted by Gasteiger charge is -2.20. The highest BCUT2D eigenvalue weighted by Gasteiger charge is 2.18. The number of hydrogen-bond acceptors (Lipinski definition) is 2. The molecule has 0 spiro atoms. The lowest BCUT2D eigenvalue weighted by molar-refractivity contribution is 0.198. The second-order valence-electron chi connectivity index (χ2n) is 5.75. The molecule has 0 aliphatic heterocycles. The number of fused-ring (bicyclic) bond motifs is 1. The third kappa shape index (κ3) is 2.46. The summed E-state index contributed by atoms with van der Waals surface area (Å²) in [5, 5.41) is 22.5. The number of rotatable bonds is 3. The number of phenolic OH excluding ortho intramolecular Hbond substituents is 1. The van der Waals surface area contributed by atoms with Crippen molar-refractivity contribution in [1.29, 1.82) is 0 Å². The summed E-state index contributed by atoms with van der Waals surface area (Å²) in [4.78, 5) is 0. The Bertz CT molecular complexity index is 806. The van der Waals surface area contributed by atoms with Crippen molar-refractivity contribution < 1.29 is 10.2 Å². The van der Waals surface area contributed by atoms with Gasteiger partial charge in [-0.2, -0.15) is 0 Å². The predicted octanol–water partition coefficient (Wildman–Crippen LogP) is 4.75. The molecular weight excluding hydrogens is 272 g/mol. The van der Waals surface area contributed by atoms with Crippen molar-refractivity contribution in [3.05, 3.63) is 77.4 Å². The normalized spacial score (nSPS) is 14.0. The number of aromatic hydroxyl groups is 1. The lowest BCUT2D eigenvalue weighted by Crippen LogP contribution is -2.04. The Morgan fingerprint density at radius 1 is 0.727 bits per heavy atom. The molecule has 0 aliphatic carbocycles. The van der Waals surface area contributed by atoms with E-state index < -0.39 is 6.10 Å². The van der Waals surface area contributed by atoms with E-state index in [4.69, 9.17) is 0 Å². The summed E-state index contributed by atoms with van der Waals surface area (Å²) in [5.74, 6) is 0.335. The molecule has 22 heavy (non-hydrogen) atoms. The van der Waals surface area contributed by atoms with E-state index >= 15 is 0 Å². The molecule has 3 aromatic rings. The van der Waals surface area contributed by atoms with Gasteiger partial charge in [-0.05, 0) is 23.4 Å². The fourth-order valence-electron chi connectivity index (χ4n) is 3.07. The van der Waals surface area contributed by atoms with Gasteiger partial charge in [0.2, 0.25) is 0 Å². The highest BCUT2D eigenvalue weighted by atomic mass is 16.3. The van der Waals surface area contributed by atoms with E-state index in [1.807, 2.05) is 60.7 Å². The van der Waals surface area contributed by atoms with Crippen LogP contribution < -0.4 is 0 Å². The third-order valence-corrected chi connectivity index (χ3v) is 4.31. The molecule has 0 amide bonds. The fourth-order valence-corrected chi connectivity index (χ4v) is 3.07. The molecular formula is C20H20O2. The molecule has 2 atom stereocenters. The van der Waals surface area contributed by atoms with Gasteiger partial charge in [0, 0.05) is 16.9 Å². The van der Waals surface area contributed by atoms with Crippen LogP contribution >= 0.6 is 0 Å². The molecule has 0 fully saturated rings. The standard InChI is InChI=1S/C20H20O2/c1-13(16-8-5-6-9-18(16)14(2)21)17-12-11-15-7-3-4-10-19(15)20(17)22/h3-14,21-22H,1-2H3. The quantitative estimate of drug-likeness (QED) is 0.731. The number of hydrogen-bond donors (Lipinski definition) is 2. The van der Waals surface area contributed by atoms with Crippen LogP contribution in [0.25, 0.3) is 10.8 Å². The first-order chi connectivity index (χ1) is 10.6. The van der Waals surface area contributed by atoms with Crippen LogP contribution in [0.4, 0.5) is 0 Å². The van der Waals surface area contributed by atoms with Crippen LogP contribution in [0.15, 0.2) is 60.7 Å². The van der Waals surface area contributed by atoms with Crippen molar-refractivity contribution in [2.24, 2.45) is 0 Å². The summed E-state index contributed by atoms with van der Waals surface area (Å²) < 4.78 is 0. The molecule has 0 aromatic heterocycles. The maximum Gasteiger partial charge on any atom is 0.127 e. The van der Waals surface area contributed by atoms with Gasteiger partial charge in [-0.25, -0.2) is 0 Å². The van der Waals surface area contributed by atoms with Gasteiger partial charge in [0.05, 0.1) is 6.10 Å². The van der Waals surface area contributed by atoms with Gasteiger partial charge in [-0.15, -0.1) is 0 Å². The maximum atomic E-state index is 10.6.